The molecule has 4 nitrogen and oxygen atoms in total. The van der Waals surface area contributed by atoms with Crippen LogP contribution in [0.5, 0.6) is 0 Å². The van der Waals surface area contributed by atoms with Crippen LogP contribution in [0.25, 0.3) is 0 Å². The van der Waals surface area contributed by atoms with Gasteiger partial charge in [-0.3, -0.25) is 0 Å². The second-order valence-electron chi connectivity index (χ2n) is 4.63. The molecule has 0 spiro atoms. The van der Waals surface area contributed by atoms with E-state index < -0.39 is 10.0 Å². The molecule has 6 heteroatoms. The Hall–Kier alpha value is -1.56. The predicted octanol–water partition coefficient (Wildman–Crippen LogP) is 2.96. The Morgan fingerprint density at radius 2 is 1.81 bits per heavy atom. The lowest BCUT2D eigenvalue weighted by Gasteiger charge is -2.11. The molecular weight excluding hydrogens is 308 g/mol. The highest BCUT2D eigenvalue weighted by molar-refractivity contribution is 7.89. The number of benzene rings is 2. The molecule has 0 atom stereocenters. The van der Waals surface area contributed by atoms with Crippen molar-refractivity contribution in [2.75, 3.05) is 5.73 Å². The number of halogens is 1. The summed E-state index contributed by atoms with van der Waals surface area (Å²) in [6.07, 6.45) is 0.848. The maximum atomic E-state index is 12.3. The summed E-state index contributed by atoms with van der Waals surface area (Å²) in [4.78, 5) is 0.0425. The first-order chi connectivity index (χ1) is 9.94. The van der Waals surface area contributed by atoms with E-state index in [9.17, 15) is 8.42 Å². The molecule has 0 unspecified atom stereocenters. The van der Waals surface area contributed by atoms with Gasteiger partial charge in [-0.15, -0.1) is 0 Å². The van der Waals surface area contributed by atoms with E-state index in [-0.39, 0.29) is 17.1 Å². The maximum Gasteiger partial charge on any atom is 0.242 e. The maximum absolute atomic E-state index is 12.3. The van der Waals surface area contributed by atoms with Gasteiger partial charge in [-0.25, -0.2) is 13.1 Å². The van der Waals surface area contributed by atoms with Gasteiger partial charge >= 0.3 is 0 Å². The van der Waals surface area contributed by atoms with Gasteiger partial charge in [0.05, 0.1) is 5.69 Å². The highest BCUT2D eigenvalue weighted by Gasteiger charge is 2.17. The molecule has 0 aromatic heterocycles. The first kappa shape index (κ1) is 15.8. The molecule has 2 rings (SSSR count). The van der Waals surface area contributed by atoms with Crippen molar-refractivity contribution in [1.82, 2.24) is 4.72 Å². The monoisotopic (exact) mass is 324 g/mol. The second-order valence-corrected chi connectivity index (χ2v) is 6.80. The lowest BCUT2D eigenvalue weighted by atomic mass is 10.1. The average molecular weight is 325 g/mol. The molecule has 0 bridgehead atoms. The summed E-state index contributed by atoms with van der Waals surface area (Å²) < 4.78 is 27.2. The fourth-order valence-corrected chi connectivity index (χ4v) is 3.39. The molecule has 0 heterocycles. The van der Waals surface area contributed by atoms with Crippen molar-refractivity contribution >= 4 is 27.3 Å². The van der Waals surface area contributed by atoms with E-state index >= 15 is 0 Å². The zero-order chi connectivity index (χ0) is 15.5. The van der Waals surface area contributed by atoms with Gasteiger partial charge in [0.2, 0.25) is 10.0 Å². The van der Waals surface area contributed by atoms with E-state index in [4.69, 9.17) is 17.3 Å². The summed E-state index contributed by atoms with van der Waals surface area (Å²) in [6.45, 7) is 2.26. The van der Waals surface area contributed by atoms with Gasteiger partial charge < -0.3 is 5.73 Å². The number of rotatable bonds is 5. The van der Waals surface area contributed by atoms with Crippen LogP contribution in [0.15, 0.2) is 47.4 Å². The van der Waals surface area contributed by atoms with Crippen molar-refractivity contribution in [1.29, 1.82) is 0 Å². The molecule has 0 saturated carbocycles. The summed E-state index contributed by atoms with van der Waals surface area (Å²) in [6, 6.07) is 12.1. The first-order valence-corrected chi connectivity index (χ1v) is 8.41. The van der Waals surface area contributed by atoms with Gasteiger partial charge in [0, 0.05) is 11.6 Å². The molecule has 0 saturated heterocycles. The van der Waals surface area contributed by atoms with Crippen molar-refractivity contribution < 1.29 is 8.42 Å². The van der Waals surface area contributed by atoms with E-state index in [0.717, 1.165) is 17.5 Å². The van der Waals surface area contributed by atoms with Crippen molar-refractivity contribution in [2.45, 2.75) is 24.8 Å². The van der Waals surface area contributed by atoms with E-state index in [1.807, 2.05) is 31.2 Å². The molecule has 0 radical (unpaired) electrons. The number of aryl methyl sites for hydroxylation is 1. The van der Waals surface area contributed by atoms with Gasteiger partial charge in [-0.05, 0) is 35.7 Å². The Kier molecular flexibility index (Phi) is 4.88. The minimum Gasteiger partial charge on any atom is -0.398 e. The van der Waals surface area contributed by atoms with Crippen LogP contribution in [-0.2, 0) is 23.0 Å². The quantitative estimate of drug-likeness (QED) is 0.830. The van der Waals surface area contributed by atoms with E-state index in [1.165, 1.54) is 18.2 Å². The number of nitrogen functional groups attached to an aromatic ring is 1. The van der Waals surface area contributed by atoms with Crippen LogP contribution < -0.4 is 10.5 Å². The smallest absolute Gasteiger partial charge is 0.242 e. The molecule has 2 aromatic carbocycles. The number of nitrogens with two attached hydrogens (primary N) is 1. The van der Waals surface area contributed by atoms with Crippen molar-refractivity contribution in [3.8, 4) is 0 Å². The van der Waals surface area contributed by atoms with E-state index in [2.05, 4.69) is 4.72 Å². The van der Waals surface area contributed by atoms with Crippen LogP contribution >= 0.6 is 11.6 Å². The molecule has 3 N–H and O–H groups in total. The number of hydrogen-bond donors (Lipinski definition) is 2. The third kappa shape index (κ3) is 3.75. The molecule has 0 fully saturated rings. The normalized spacial score (nSPS) is 11.5. The summed E-state index contributed by atoms with van der Waals surface area (Å²) in [5, 5.41) is 0.405. The molecule has 0 aliphatic heterocycles. The lowest BCUT2D eigenvalue weighted by molar-refractivity contribution is 0.581. The van der Waals surface area contributed by atoms with Crippen molar-refractivity contribution in [3.63, 3.8) is 0 Å². The average Bonchev–Trinajstić information content (AvgIpc) is 2.45. The zero-order valence-corrected chi connectivity index (χ0v) is 13.2. The highest BCUT2D eigenvalue weighted by atomic mass is 35.5. The van der Waals surface area contributed by atoms with Crippen LogP contribution in [0.3, 0.4) is 0 Å². The van der Waals surface area contributed by atoms with Gasteiger partial charge in [0.15, 0.2) is 0 Å². The SMILES string of the molecule is CCc1ccccc1CNS(=O)(=O)c1ccc(Cl)cc1N. The Bertz CT molecular complexity index is 745. The summed E-state index contributed by atoms with van der Waals surface area (Å²) in [5.41, 5.74) is 7.94. The van der Waals surface area contributed by atoms with Crippen LogP contribution in [0.2, 0.25) is 5.02 Å². The summed E-state index contributed by atoms with van der Waals surface area (Å²) in [7, 11) is -3.66. The van der Waals surface area contributed by atoms with Gasteiger partial charge in [-0.1, -0.05) is 42.8 Å². The van der Waals surface area contributed by atoms with Crippen LogP contribution in [-0.4, -0.2) is 8.42 Å². The Morgan fingerprint density at radius 3 is 2.43 bits per heavy atom. The van der Waals surface area contributed by atoms with Crippen LogP contribution in [0, 0.1) is 0 Å². The highest BCUT2D eigenvalue weighted by Crippen LogP contribution is 2.22. The Morgan fingerprint density at radius 1 is 1.14 bits per heavy atom. The van der Waals surface area contributed by atoms with Gasteiger partial charge in [-0.2, -0.15) is 0 Å². The lowest BCUT2D eigenvalue weighted by Crippen LogP contribution is -2.24. The number of anilines is 1. The number of nitrogens with one attached hydrogen (secondary N) is 1. The third-order valence-electron chi connectivity index (χ3n) is 3.21. The molecule has 0 aliphatic carbocycles. The first-order valence-electron chi connectivity index (χ1n) is 6.55. The molecular formula is C15H17ClN2O2S. The Balaban J connectivity index is 2.22. The predicted molar refractivity (Wildman–Crippen MR) is 85.7 cm³/mol. The third-order valence-corrected chi connectivity index (χ3v) is 4.92. The molecule has 2 aromatic rings. The topological polar surface area (TPSA) is 72.2 Å². The zero-order valence-electron chi connectivity index (χ0n) is 11.6. The van der Waals surface area contributed by atoms with Gasteiger partial charge in [0.1, 0.15) is 4.90 Å². The van der Waals surface area contributed by atoms with E-state index in [1.54, 1.807) is 0 Å². The van der Waals surface area contributed by atoms with Gasteiger partial charge in [0.25, 0.3) is 0 Å². The minimum absolute atomic E-state index is 0.0425. The largest absolute Gasteiger partial charge is 0.398 e. The van der Waals surface area contributed by atoms with E-state index in [0.29, 0.717) is 5.02 Å². The number of hydrogen-bond acceptors (Lipinski definition) is 3. The minimum atomic E-state index is -3.66. The van der Waals surface area contributed by atoms with Crippen LogP contribution in [0.4, 0.5) is 5.69 Å². The second kappa shape index (κ2) is 6.47. The van der Waals surface area contributed by atoms with Crippen LogP contribution in [0.1, 0.15) is 18.1 Å². The van der Waals surface area contributed by atoms with Crippen molar-refractivity contribution in [3.05, 3.63) is 58.6 Å². The molecule has 0 amide bonds. The standard InChI is InChI=1S/C15H17ClN2O2S/c1-2-11-5-3-4-6-12(11)10-18-21(19,20)15-8-7-13(16)9-14(15)17/h3-9,18H,2,10,17H2,1H3. The van der Waals surface area contributed by atoms with Crippen molar-refractivity contribution in [2.24, 2.45) is 0 Å². The fourth-order valence-electron chi connectivity index (χ4n) is 2.09. The molecule has 0 aliphatic rings. The fraction of sp³-hybridized carbons (Fsp3) is 0.200. The number of sulfonamides is 1. The summed E-state index contributed by atoms with van der Waals surface area (Å²) >= 11 is 5.78. The molecule has 21 heavy (non-hydrogen) atoms. The Labute approximate surface area is 130 Å². The summed E-state index contributed by atoms with van der Waals surface area (Å²) in [5.74, 6) is 0. The molecule has 112 valence electrons.